The van der Waals surface area contributed by atoms with Crippen LogP contribution in [-0.2, 0) is 9.59 Å². The van der Waals surface area contributed by atoms with Crippen molar-refractivity contribution >= 4 is 28.8 Å². The highest BCUT2D eigenvalue weighted by atomic mass is 32.1. The third-order valence-electron chi connectivity index (χ3n) is 3.37. The zero-order chi connectivity index (χ0) is 17.5. The summed E-state index contributed by atoms with van der Waals surface area (Å²) in [6.45, 7) is 4.04. The fraction of sp³-hybridized carbons (Fsp3) is 0.333. The van der Waals surface area contributed by atoms with Crippen molar-refractivity contribution in [1.82, 2.24) is 5.32 Å². The Balaban J connectivity index is 1.90. The Morgan fingerprint density at radius 1 is 1.17 bits per heavy atom. The number of benzene rings is 1. The molecule has 2 amide bonds. The van der Waals surface area contributed by atoms with Gasteiger partial charge in [0.15, 0.2) is 0 Å². The van der Waals surface area contributed by atoms with Crippen molar-refractivity contribution in [3.05, 3.63) is 41.8 Å². The summed E-state index contributed by atoms with van der Waals surface area (Å²) in [4.78, 5) is 24.9. The summed E-state index contributed by atoms with van der Waals surface area (Å²) in [5, 5.41) is 16.8. The first-order chi connectivity index (χ1) is 11.5. The lowest BCUT2D eigenvalue weighted by Gasteiger charge is -2.13. The van der Waals surface area contributed by atoms with Crippen LogP contribution in [0.4, 0.5) is 5.69 Å². The van der Waals surface area contributed by atoms with Gasteiger partial charge in [-0.15, -0.1) is 11.3 Å². The first-order valence-corrected chi connectivity index (χ1v) is 8.75. The molecular weight excluding hydrogens is 324 g/mol. The zero-order valence-corrected chi connectivity index (χ0v) is 14.6. The standard InChI is InChI=1S/C18H22N2O3S/c1-12(2)9-15(21)11-19-17(22)18(23)20-14-6-3-5-13(10-14)16-7-4-8-24-16/h3-8,10,12,15,21H,9,11H2,1-2H3,(H,19,22)(H,20,23). The number of amides is 2. The normalized spacial score (nSPS) is 12.0. The van der Waals surface area contributed by atoms with E-state index in [0.717, 1.165) is 10.4 Å². The predicted molar refractivity (Wildman–Crippen MR) is 96.9 cm³/mol. The van der Waals surface area contributed by atoms with Crippen LogP contribution in [0.15, 0.2) is 41.8 Å². The van der Waals surface area contributed by atoms with E-state index in [1.54, 1.807) is 17.4 Å². The van der Waals surface area contributed by atoms with E-state index >= 15 is 0 Å². The van der Waals surface area contributed by atoms with Crippen molar-refractivity contribution in [3.8, 4) is 10.4 Å². The van der Waals surface area contributed by atoms with E-state index in [1.165, 1.54) is 0 Å². The first kappa shape index (κ1) is 18.2. The molecule has 0 bridgehead atoms. The van der Waals surface area contributed by atoms with Gasteiger partial charge < -0.3 is 15.7 Å². The summed E-state index contributed by atoms with van der Waals surface area (Å²) in [5.74, 6) is -1.17. The van der Waals surface area contributed by atoms with Crippen LogP contribution in [-0.4, -0.2) is 29.6 Å². The molecule has 3 N–H and O–H groups in total. The minimum atomic E-state index is -0.751. The number of hydrogen-bond donors (Lipinski definition) is 3. The third-order valence-corrected chi connectivity index (χ3v) is 4.29. The number of anilines is 1. The second-order valence-corrected chi connectivity index (χ2v) is 6.95. The fourth-order valence-electron chi connectivity index (χ4n) is 2.30. The van der Waals surface area contributed by atoms with Crippen LogP contribution < -0.4 is 10.6 Å². The molecule has 0 saturated heterocycles. The second kappa shape index (κ2) is 8.61. The molecule has 0 fully saturated rings. The van der Waals surface area contributed by atoms with Crippen LogP contribution >= 0.6 is 11.3 Å². The van der Waals surface area contributed by atoms with Gasteiger partial charge in [-0.3, -0.25) is 9.59 Å². The van der Waals surface area contributed by atoms with Gasteiger partial charge >= 0.3 is 11.8 Å². The Hall–Kier alpha value is -2.18. The van der Waals surface area contributed by atoms with Crippen LogP contribution in [0.25, 0.3) is 10.4 Å². The van der Waals surface area contributed by atoms with Crippen molar-refractivity contribution in [2.45, 2.75) is 26.4 Å². The van der Waals surface area contributed by atoms with Crippen molar-refractivity contribution in [1.29, 1.82) is 0 Å². The van der Waals surface area contributed by atoms with Gasteiger partial charge in [0.2, 0.25) is 0 Å². The van der Waals surface area contributed by atoms with Crippen molar-refractivity contribution in [3.63, 3.8) is 0 Å². The van der Waals surface area contributed by atoms with E-state index in [1.807, 2.05) is 49.6 Å². The SMILES string of the molecule is CC(C)CC(O)CNC(=O)C(=O)Nc1cccc(-c2cccs2)c1. The Bertz CT molecular complexity index is 683. The summed E-state index contributed by atoms with van der Waals surface area (Å²) in [6.07, 6.45) is -0.0750. The van der Waals surface area contributed by atoms with Gasteiger partial charge in [-0.2, -0.15) is 0 Å². The summed E-state index contributed by atoms with van der Waals surface area (Å²) in [6, 6.07) is 11.3. The summed E-state index contributed by atoms with van der Waals surface area (Å²) >= 11 is 1.61. The highest BCUT2D eigenvalue weighted by Gasteiger charge is 2.16. The third kappa shape index (κ3) is 5.47. The molecule has 1 atom stereocenters. The molecule has 1 heterocycles. The average molecular weight is 346 g/mol. The van der Waals surface area contributed by atoms with Gasteiger partial charge in [0, 0.05) is 17.1 Å². The molecule has 0 aliphatic heterocycles. The van der Waals surface area contributed by atoms with Gasteiger partial charge in [0.1, 0.15) is 0 Å². The quantitative estimate of drug-likeness (QED) is 0.704. The van der Waals surface area contributed by atoms with E-state index in [-0.39, 0.29) is 6.54 Å². The van der Waals surface area contributed by atoms with Gasteiger partial charge in [0.05, 0.1) is 6.10 Å². The van der Waals surface area contributed by atoms with Gasteiger partial charge in [-0.05, 0) is 41.5 Å². The molecule has 128 valence electrons. The molecule has 0 saturated carbocycles. The first-order valence-electron chi connectivity index (χ1n) is 7.87. The molecular formula is C18H22N2O3S. The Morgan fingerprint density at radius 2 is 1.96 bits per heavy atom. The second-order valence-electron chi connectivity index (χ2n) is 6.01. The minimum Gasteiger partial charge on any atom is -0.391 e. The van der Waals surface area contributed by atoms with E-state index < -0.39 is 17.9 Å². The van der Waals surface area contributed by atoms with Crippen LogP contribution in [0.3, 0.4) is 0 Å². The number of carbonyl (C=O) groups is 2. The fourth-order valence-corrected chi connectivity index (χ4v) is 3.02. The van der Waals surface area contributed by atoms with Crippen LogP contribution in [0.1, 0.15) is 20.3 Å². The average Bonchev–Trinajstić information content (AvgIpc) is 3.06. The lowest BCUT2D eigenvalue weighted by atomic mass is 10.1. The number of thiophene rings is 1. The molecule has 2 rings (SSSR count). The maximum Gasteiger partial charge on any atom is 0.313 e. The molecule has 0 spiro atoms. The van der Waals surface area contributed by atoms with Gasteiger partial charge in [0.25, 0.3) is 0 Å². The van der Waals surface area contributed by atoms with Crippen LogP contribution in [0.2, 0.25) is 0 Å². The molecule has 2 aromatic rings. The topological polar surface area (TPSA) is 78.4 Å². The summed E-state index contributed by atoms with van der Waals surface area (Å²) < 4.78 is 0. The lowest BCUT2D eigenvalue weighted by molar-refractivity contribution is -0.136. The number of aliphatic hydroxyl groups excluding tert-OH is 1. The lowest BCUT2D eigenvalue weighted by Crippen LogP contribution is -2.39. The van der Waals surface area contributed by atoms with Gasteiger partial charge in [-0.25, -0.2) is 0 Å². The summed E-state index contributed by atoms with van der Waals surface area (Å²) in [7, 11) is 0. The number of nitrogens with one attached hydrogen (secondary N) is 2. The Morgan fingerprint density at radius 3 is 2.62 bits per heavy atom. The van der Waals surface area contributed by atoms with Crippen molar-refractivity contribution < 1.29 is 14.7 Å². The predicted octanol–water partition coefficient (Wildman–Crippen LogP) is 2.88. The van der Waals surface area contributed by atoms with Gasteiger partial charge in [-0.1, -0.05) is 32.0 Å². The maximum absolute atomic E-state index is 11.9. The zero-order valence-electron chi connectivity index (χ0n) is 13.8. The molecule has 1 unspecified atom stereocenters. The largest absolute Gasteiger partial charge is 0.391 e. The van der Waals surface area contributed by atoms with Crippen molar-refractivity contribution in [2.24, 2.45) is 5.92 Å². The van der Waals surface area contributed by atoms with E-state index in [2.05, 4.69) is 10.6 Å². The monoisotopic (exact) mass is 346 g/mol. The molecule has 6 heteroatoms. The smallest absolute Gasteiger partial charge is 0.313 e. The highest BCUT2D eigenvalue weighted by molar-refractivity contribution is 7.13. The van der Waals surface area contributed by atoms with E-state index in [9.17, 15) is 14.7 Å². The Kier molecular flexibility index (Phi) is 6.52. The summed E-state index contributed by atoms with van der Waals surface area (Å²) in [5.41, 5.74) is 1.54. The maximum atomic E-state index is 11.9. The molecule has 24 heavy (non-hydrogen) atoms. The molecule has 1 aromatic carbocycles. The number of rotatable bonds is 6. The molecule has 5 nitrogen and oxygen atoms in total. The van der Waals surface area contributed by atoms with E-state index in [0.29, 0.717) is 18.0 Å². The number of carbonyl (C=O) groups excluding carboxylic acids is 2. The molecule has 0 aliphatic rings. The molecule has 1 aromatic heterocycles. The van der Waals surface area contributed by atoms with Crippen molar-refractivity contribution in [2.75, 3.05) is 11.9 Å². The minimum absolute atomic E-state index is 0.0691. The number of aliphatic hydroxyl groups is 1. The molecule has 0 aliphatic carbocycles. The van der Waals surface area contributed by atoms with Crippen LogP contribution in [0.5, 0.6) is 0 Å². The Labute approximate surface area is 145 Å². The molecule has 0 radical (unpaired) electrons. The number of hydrogen-bond acceptors (Lipinski definition) is 4. The van der Waals surface area contributed by atoms with Crippen LogP contribution in [0, 0.1) is 5.92 Å². The highest BCUT2D eigenvalue weighted by Crippen LogP contribution is 2.26. The van der Waals surface area contributed by atoms with E-state index in [4.69, 9.17) is 0 Å².